The van der Waals surface area contributed by atoms with Crippen LogP contribution in [0.3, 0.4) is 0 Å². The van der Waals surface area contributed by atoms with Gasteiger partial charge in [-0.3, -0.25) is 14.9 Å². The maximum atomic E-state index is 13.1. The number of anilines is 1. The maximum Gasteiger partial charge on any atom is 0.416 e. The van der Waals surface area contributed by atoms with Crippen molar-refractivity contribution >= 4 is 17.3 Å². The van der Waals surface area contributed by atoms with Gasteiger partial charge in [0.15, 0.2) is 6.61 Å². The lowest BCUT2D eigenvalue weighted by atomic mass is 10.1. The van der Waals surface area contributed by atoms with E-state index in [2.05, 4.69) is 4.74 Å². The molecule has 0 heterocycles. The summed E-state index contributed by atoms with van der Waals surface area (Å²) in [4.78, 5) is 22.4. The van der Waals surface area contributed by atoms with E-state index in [0.717, 1.165) is 12.1 Å². The normalized spacial score (nSPS) is 12.0. The summed E-state index contributed by atoms with van der Waals surface area (Å²) in [6.07, 6.45) is -9.00. The van der Waals surface area contributed by atoms with Gasteiger partial charge in [0.05, 0.1) is 16.2 Å². The van der Waals surface area contributed by atoms with Crippen molar-refractivity contribution in [1.82, 2.24) is 0 Å². The highest BCUT2D eigenvalue weighted by atomic mass is 19.4. The van der Waals surface area contributed by atoms with Crippen molar-refractivity contribution in [2.75, 3.05) is 11.9 Å². The molecule has 13 heteroatoms. The Bertz CT molecular complexity index is 948. The smallest absolute Gasteiger partial charge is 0.416 e. The number of nitrogens with zero attached hydrogens (tertiary/aromatic N) is 1. The molecule has 0 atom stereocenters. The van der Waals surface area contributed by atoms with Gasteiger partial charge in [0.2, 0.25) is 0 Å². The van der Waals surface area contributed by atoms with Crippen LogP contribution in [0.1, 0.15) is 15.9 Å². The summed E-state index contributed by atoms with van der Waals surface area (Å²) < 4.78 is 94.1. The number of carbonyl (C=O) groups is 1. The van der Waals surface area contributed by atoms with Crippen LogP contribution >= 0.6 is 0 Å². The summed E-state index contributed by atoms with van der Waals surface area (Å²) in [6.45, 7) is -1.88. The Hall–Kier alpha value is -3.38. The van der Waals surface area contributed by atoms with Gasteiger partial charge < -0.3 is 10.1 Å². The summed E-state index contributed by atoms with van der Waals surface area (Å²) in [7, 11) is 0. The van der Waals surface area contributed by atoms with Gasteiger partial charge >= 0.3 is 18.5 Å². The molecule has 1 amide bonds. The Labute approximate surface area is 163 Å². The molecule has 0 unspecified atom stereocenters. The van der Waals surface area contributed by atoms with Crippen molar-refractivity contribution in [3.63, 3.8) is 0 Å². The predicted molar refractivity (Wildman–Crippen MR) is 88.9 cm³/mol. The zero-order valence-corrected chi connectivity index (χ0v) is 14.6. The summed E-state index contributed by atoms with van der Waals surface area (Å²) in [5.41, 5.74) is -3.32. The average Bonchev–Trinajstić information content (AvgIpc) is 2.66. The fourth-order valence-corrected chi connectivity index (χ4v) is 2.18. The van der Waals surface area contributed by atoms with E-state index in [1.807, 2.05) is 5.32 Å². The minimum Gasteiger partial charge on any atom is -0.485 e. The number of nitro benzene ring substituents is 1. The van der Waals surface area contributed by atoms with E-state index < -0.39 is 64.2 Å². The third-order valence-corrected chi connectivity index (χ3v) is 3.64. The minimum atomic E-state index is -4.90. The van der Waals surface area contributed by atoms with Gasteiger partial charge in [0, 0.05) is 6.07 Å². The molecule has 2 aromatic rings. The first-order valence-electron chi connectivity index (χ1n) is 7.87. The summed E-state index contributed by atoms with van der Waals surface area (Å²) in [5.74, 6) is -6.62. The van der Waals surface area contributed by atoms with Crippen LogP contribution in [-0.2, 0) is 6.18 Å². The highest BCUT2D eigenvalue weighted by molar-refractivity contribution is 6.07. The zero-order valence-electron chi connectivity index (χ0n) is 14.6. The number of halogens is 7. The van der Waals surface area contributed by atoms with Crippen molar-refractivity contribution in [3.05, 3.63) is 63.7 Å². The average molecular weight is 440 g/mol. The van der Waals surface area contributed by atoms with Crippen molar-refractivity contribution in [2.45, 2.75) is 18.5 Å². The van der Waals surface area contributed by atoms with E-state index in [1.165, 1.54) is 12.1 Å². The number of hydrogen-bond donors (Lipinski definition) is 1. The molecule has 0 aliphatic rings. The van der Waals surface area contributed by atoms with Gasteiger partial charge in [0.1, 0.15) is 11.3 Å². The van der Waals surface area contributed by atoms with Crippen molar-refractivity contribution in [1.29, 1.82) is 0 Å². The predicted octanol–water partition coefficient (Wildman–Crippen LogP) is 5.15. The first-order valence-corrected chi connectivity index (χ1v) is 7.87. The van der Waals surface area contributed by atoms with E-state index in [-0.39, 0.29) is 0 Å². The molecular formula is C17H11F7N2O4. The number of ether oxygens (including phenoxy) is 1. The number of carbonyl (C=O) groups excluding carboxylic acids is 1. The number of amides is 1. The van der Waals surface area contributed by atoms with Gasteiger partial charge in [-0.1, -0.05) is 12.1 Å². The Kier molecular flexibility index (Phi) is 6.53. The number of benzene rings is 2. The lowest BCUT2D eigenvalue weighted by Gasteiger charge is -2.19. The lowest BCUT2D eigenvalue weighted by molar-refractivity contribution is -0.385. The van der Waals surface area contributed by atoms with Crippen molar-refractivity contribution < 1.29 is 45.2 Å². The third-order valence-electron chi connectivity index (χ3n) is 3.64. The Morgan fingerprint density at radius 1 is 1.10 bits per heavy atom. The van der Waals surface area contributed by atoms with E-state index in [9.17, 15) is 45.6 Å². The SMILES string of the molecule is O=C(Nc1cc(C(F)(F)F)ccc1OCC(F)(F)C(F)F)c1ccccc1[N+](=O)[O-]. The molecule has 2 rings (SSSR count). The van der Waals surface area contributed by atoms with Crippen LogP contribution in [0, 0.1) is 10.1 Å². The topological polar surface area (TPSA) is 81.5 Å². The third kappa shape index (κ3) is 5.36. The molecule has 1 N–H and O–H groups in total. The van der Waals surface area contributed by atoms with Gasteiger partial charge in [0.25, 0.3) is 11.6 Å². The van der Waals surface area contributed by atoms with Gasteiger partial charge in [-0.2, -0.15) is 22.0 Å². The molecule has 0 aromatic heterocycles. The van der Waals surface area contributed by atoms with Crippen molar-refractivity contribution in [3.8, 4) is 5.75 Å². The second-order valence-electron chi connectivity index (χ2n) is 5.79. The first kappa shape index (κ1) is 22.9. The summed E-state index contributed by atoms with van der Waals surface area (Å²) in [6, 6.07) is 5.75. The molecule has 2 aromatic carbocycles. The summed E-state index contributed by atoms with van der Waals surface area (Å²) >= 11 is 0. The molecule has 0 aliphatic heterocycles. The molecule has 0 bridgehead atoms. The van der Waals surface area contributed by atoms with Crippen LogP contribution in [0.25, 0.3) is 0 Å². The first-order chi connectivity index (χ1) is 13.8. The van der Waals surface area contributed by atoms with Crippen LogP contribution in [0.15, 0.2) is 42.5 Å². The molecule has 0 saturated heterocycles. The maximum absolute atomic E-state index is 13.1. The van der Waals surface area contributed by atoms with Gasteiger partial charge in [-0.25, -0.2) is 8.78 Å². The zero-order chi connectivity index (χ0) is 22.7. The van der Waals surface area contributed by atoms with E-state index >= 15 is 0 Å². The molecule has 0 radical (unpaired) electrons. The number of nitro groups is 1. The highest BCUT2D eigenvalue weighted by Crippen LogP contribution is 2.36. The standard InChI is InChI=1S/C17H11F7N2O4/c18-15(19)16(20,21)8-30-13-6-5-9(17(22,23)24)7-11(13)25-14(27)10-3-1-2-4-12(10)26(28)29/h1-7,15H,8H2,(H,25,27). The van der Waals surface area contributed by atoms with Crippen LogP contribution in [0.5, 0.6) is 5.75 Å². The lowest BCUT2D eigenvalue weighted by Crippen LogP contribution is -2.34. The Morgan fingerprint density at radius 3 is 2.30 bits per heavy atom. The number of alkyl halides is 7. The van der Waals surface area contributed by atoms with Crippen LogP contribution in [0.4, 0.5) is 42.1 Å². The number of para-hydroxylation sites is 1. The molecule has 6 nitrogen and oxygen atoms in total. The molecular weight excluding hydrogens is 429 g/mol. The number of hydrogen-bond acceptors (Lipinski definition) is 4. The summed E-state index contributed by atoms with van der Waals surface area (Å²) in [5, 5.41) is 12.9. The molecule has 0 saturated carbocycles. The monoisotopic (exact) mass is 440 g/mol. The second-order valence-corrected chi connectivity index (χ2v) is 5.79. The van der Waals surface area contributed by atoms with Gasteiger partial charge in [-0.05, 0) is 24.3 Å². The number of nitrogens with one attached hydrogen (secondary N) is 1. The Balaban J connectivity index is 2.40. The van der Waals surface area contributed by atoms with Gasteiger partial charge in [-0.15, -0.1) is 0 Å². The van der Waals surface area contributed by atoms with E-state index in [1.54, 1.807) is 0 Å². The molecule has 0 spiro atoms. The van der Waals surface area contributed by atoms with Crippen LogP contribution in [0.2, 0.25) is 0 Å². The fraction of sp³-hybridized carbons (Fsp3) is 0.235. The molecule has 30 heavy (non-hydrogen) atoms. The largest absolute Gasteiger partial charge is 0.485 e. The van der Waals surface area contributed by atoms with E-state index in [4.69, 9.17) is 0 Å². The quantitative estimate of drug-likeness (QED) is 0.367. The van der Waals surface area contributed by atoms with E-state index in [0.29, 0.717) is 18.2 Å². The number of rotatable bonds is 7. The fourth-order valence-electron chi connectivity index (χ4n) is 2.18. The van der Waals surface area contributed by atoms with Crippen molar-refractivity contribution in [2.24, 2.45) is 0 Å². The Morgan fingerprint density at radius 2 is 1.73 bits per heavy atom. The molecule has 0 aliphatic carbocycles. The molecule has 0 fully saturated rings. The highest BCUT2D eigenvalue weighted by Gasteiger charge is 2.42. The molecule has 162 valence electrons. The van der Waals surface area contributed by atoms with Crippen LogP contribution < -0.4 is 10.1 Å². The minimum absolute atomic E-state index is 0.322. The van der Waals surface area contributed by atoms with Crippen LogP contribution in [-0.4, -0.2) is 29.8 Å². The second kappa shape index (κ2) is 8.55.